The Labute approximate surface area is 146 Å². The van der Waals surface area contributed by atoms with Gasteiger partial charge in [0.05, 0.1) is 17.2 Å². The van der Waals surface area contributed by atoms with E-state index in [2.05, 4.69) is 24.1 Å². The van der Waals surface area contributed by atoms with E-state index in [-0.39, 0.29) is 18.1 Å². The number of benzene rings is 1. The van der Waals surface area contributed by atoms with E-state index in [0.717, 1.165) is 12.5 Å². The first-order valence-electron chi connectivity index (χ1n) is 8.48. The van der Waals surface area contributed by atoms with Crippen LogP contribution in [0.1, 0.15) is 50.1 Å². The summed E-state index contributed by atoms with van der Waals surface area (Å²) in [5.74, 6) is 0.526. The summed E-state index contributed by atoms with van der Waals surface area (Å²) in [4.78, 5) is 4.07. The van der Waals surface area contributed by atoms with E-state index in [4.69, 9.17) is 0 Å². The molecule has 0 saturated carbocycles. The Bertz CT molecular complexity index is 728. The van der Waals surface area contributed by atoms with Gasteiger partial charge in [-0.2, -0.15) is 13.2 Å². The molecular weight excluding hydrogens is 329 g/mol. The summed E-state index contributed by atoms with van der Waals surface area (Å²) in [5.41, 5.74) is 0.0360. The second-order valence-corrected chi connectivity index (χ2v) is 7.01. The molecule has 1 aromatic heterocycles. The fourth-order valence-corrected chi connectivity index (χ4v) is 3.13. The van der Waals surface area contributed by atoms with E-state index in [1.54, 1.807) is 19.1 Å². The van der Waals surface area contributed by atoms with Crippen LogP contribution in [0.25, 0.3) is 10.9 Å². The lowest BCUT2D eigenvalue weighted by Gasteiger charge is -2.20. The third-order valence-corrected chi connectivity index (χ3v) is 4.15. The van der Waals surface area contributed by atoms with E-state index < -0.39 is 17.8 Å². The number of nitrogens with one attached hydrogen (secondary N) is 1. The Hall–Kier alpha value is -1.66. The van der Waals surface area contributed by atoms with E-state index in [1.807, 2.05) is 6.92 Å². The van der Waals surface area contributed by atoms with Crippen LogP contribution in [-0.4, -0.2) is 22.7 Å². The molecule has 2 unspecified atom stereocenters. The second-order valence-electron chi connectivity index (χ2n) is 7.01. The molecule has 0 amide bonds. The van der Waals surface area contributed by atoms with Crippen molar-refractivity contribution in [2.75, 3.05) is 6.54 Å². The number of aryl methyl sites for hydroxylation is 1. The minimum absolute atomic E-state index is 0.112. The second kappa shape index (κ2) is 7.70. The van der Waals surface area contributed by atoms with Crippen molar-refractivity contribution >= 4 is 10.9 Å². The minimum Gasteiger partial charge on any atom is -0.387 e. The maximum atomic E-state index is 13.2. The molecule has 2 N–H and O–H groups in total. The van der Waals surface area contributed by atoms with Gasteiger partial charge in [0.25, 0.3) is 0 Å². The number of pyridine rings is 1. The molecule has 25 heavy (non-hydrogen) atoms. The zero-order valence-corrected chi connectivity index (χ0v) is 15.0. The summed E-state index contributed by atoms with van der Waals surface area (Å²) < 4.78 is 39.7. The highest BCUT2D eigenvalue weighted by atomic mass is 19.4. The van der Waals surface area contributed by atoms with Crippen molar-refractivity contribution in [3.63, 3.8) is 0 Å². The topological polar surface area (TPSA) is 45.1 Å². The molecular formula is C19H25F3N2O. The monoisotopic (exact) mass is 354 g/mol. The van der Waals surface area contributed by atoms with E-state index in [1.165, 1.54) is 6.07 Å². The largest absolute Gasteiger partial charge is 0.418 e. The van der Waals surface area contributed by atoms with Crippen LogP contribution in [-0.2, 0) is 6.18 Å². The Kier molecular flexibility index (Phi) is 6.06. The quantitative estimate of drug-likeness (QED) is 0.796. The van der Waals surface area contributed by atoms with Crippen LogP contribution in [0.4, 0.5) is 13.2 Å². The number of rotatable bonds is 6. The molecule has 1 heterocycles. The molecule has 1 aromatic carbocycles. The Morgan fingerprint density at radius 1 is 1.20 bits per heavy atom. The molecule has 138 valence electrons. The Morgan fingerprint density at radius 3 is 2.48 bits per heavy atom. The first kappa shape index (κ1) is 19.7. The van der Waals surface area contributed by atoms with Crippen LogP contribution in [0.15, 0.2) is 24.3 Å². The lowest BCUT2D eigenvalue weighted by molar-refractivity contribution is -0.136. The highest BCUT2D eigenvalue weighted by molar-refractivity contribution is 5.86. The fourth-order valence-electron chi connectivity index (χ4n) is 3.13. The van der Waals surface area contributed by atoms with Gasteiger partial charge in [0.1, 0.15) is 0 Å². The van der Waals surface area contributed by atoms with Gasteiger partial charge in [0.15, 0.2) is 0 Å². The number of fused-ring (bicyclic) bond motifs is 1. The van der Waals surface area contributed by atoms with Crippen LogP contribution in [0.5, 0.6) is 0 Å². The summed E-state index contributed by atoms with van der Waals surface area (Å²) in [6.45, 7) is 8.19. The minimum atomic E-state index is -4.48. The molecule has 0 fully saturated rings. The van der Waals surface area contributed by atoms with Gasteiger partial charge in [-0.3, -0.25) is 4.98 Å². The van der Waals surface area contributed by atoms with Gasteiger partial charge in [-0.25, -0.2) is 0 Å². The van der Waals surface area contributed by atoms with Crippen molar-refractivity contribution in [3.8, 4) is 0 Å². The molecule has 0 bridgehead atoms. The Morgan fingerprint density at radius 2 is 1.88 bits per heavy atom. The standard InChI is InChI=1S/C19H25F3N2O/c1-11(2)8-12(3)23-10-17(25)15-9-13(4)24-18-14(15)6-5-7-16(18)19(20,21)22/h5-7,9,11-12,17,23,25H,8,10H2,1-4H3. The molecule has 2 rings (SSSR count). The van der Waals surface area contributed by atoms with Crippen molar-refractivity contribution < 1.29 is 18.3 Å². The van der Waals surface area contributed by atoms with Crippen molar-refractivity contribution in [1.29, 1.82) is 0 Å². The van der Waals surface area contributed by atoms with Crippen molar-refractivity contribution in [1.82, 2.24) is 10.3 Å². The molecule has 3 nitrogen and oxygen atoms in total. The lowest BCUT2D eigenvalue weighted by Crippen LogP contribution is -2.31. The van der Waals surface area contributed by atoms with E-state index >= 15 is 0 Å². The third-order valence-electron chi connectivity index (χ3n) is 4.15. The van der Waals surface area contributed by atoms with Gasteiger partial charge in [0.2, 0.25) is 0 Å². The molecule has 0 aliphatic heterocycles. The van der Waals surface area contributed by atoms with E-state index in [9.17, 15) is 18.3 Å². The predicted octanol–water partition coefficient (Wildman–Crippen LogP) is 4.62. The van der Waals surface area contributed by atoms with Crippen molar-refractivity contribution in [2.45, 2.75) is 52.4 Å². The maximum Gasteiger partial charge on any atom is 0.418 e. The van der Waals surface area contributed by atoms with Crippen LogP contribution in [0, 0.1) is 12.8 Å². The first-order chi connectivity index (χ1) is 11.6. The van der Waals surface area contributed by atoms with Crippen LogP contribution in [0.3, 0.4) is 0 Å². The summed E-state index contributed by atoms with van der Waals surface area (Å²) in [7, 11) is 0. The Balaban J connectivity index is 2.35. The summed E-state index contributed by atoms with van der Waals surface area (Å²) in [6.07, 6.45) is -4.42. The van der Waals surface area contributed by atoms with Gasteiger partial charge < -0.3 is 10.4 Å². The molecule has 0 aliphatic rings. The number of aliphatic hydroxyl groups is 1. The van der Waals surface area contributed by atoms with Gasteiger partial charge in [0, 0.05) is 23.7 Å². The number of nitrogens with zero attached hydrogens (tertiary/aromatic N) is 1. The highest BCUT2D eigenvalue weighted by Gasteiger charge is 2.33. The molecule has 0 spiro atoms. The lowest BCUT2D eigenvalue weighted by atomic mass is 9.99. The van der Waals surface area contributed by atoms with E-state index in [0.29, 0.717) is 22.6 Å². The van der Waals surface area contributed by atoms with Crippen LogP contribution >= 0.6 is 0 Å². The normalized spacial score (nSPS) is 14.9. The van der Waals surface area contributed by atoms with Crippen molar-refractivity contribution in [3.05, 3.63) is 41.1 Å². The fraction of sp³-hybridized carbons (Fsp3) is 0.526. The van der Waals surface area contributed by atoms with Crippen molar-refractivity contribution in [2.24, 2.45) is 5.92 Å². The SMILES string of the molecule is Cc1cc(C(O)CNC(C)CC(C)C)c2cccc(C(F)(F)F)c2n1. The summed E-state index contributed by atoms with van der Waals surface area (Å²) >= 11 is 0. The molecule has 2 aromatic rings. The number of para-hydroxylation sites is 1. The average molecular weight is 354 g/mol. The molecule has 0 saturated heterocycles. The molecule has 6 heteroatoms. The zero-order chi connectivity index (χ0) is 18.8. The number of hydrogen-bond acceptors (Lipinski definition) is 3. The third kappa shape index (κ3) is 4.92. The number of alkyl halides is 3. The van der Waals surface area contributed by atoms with Crippen LogP contribution < -0.4 is 5.32 Å². The average Bonchev–Trinajstić information content (AvgIpc) is 2.49. The first-order valence-corrected chi connectivity index (χ1v) is 8.48. The van der Waals surface area contributed by atoms with Gasteiger partial charge >= 0.3 is 6.18 Å². The maximum absolute atomic E-state index is 13.2. The van der Waals surface area contributed by atoms with Gasteiger partial charge in [-0.1, -0.05) is 26.0 Å². The zero-order valence-electron chi connectivity index (χ0n) is 15.0. The molecule has 0 radical (unpaired) electrons. The molecule has 2 atom stereocenters. The number of aliphatic hydroxyl groups excluding tert-OH is 1. The predicted molar refractivity (Wildman–Crippen MR) is 93.4 cm³/mol. The number of hydrogen-bond donors (Lipinski definition) is 2. The van der Waals surface area contributed by atoms with Gasteiger partial charge in [-0.15, -0.1) is 0 Å². The van der Waals surface area contributed by atoms with Gasteiger partial charge in [-0.05, 0) is 43.9 Å². The number of halogens is 3. The molecule has 0 aliphatic carbocycles. The summed E-state index contributed by atoms with van der Waals surface area (Å²) in [6, 6.07) is 5.82. The van der Waals surface area contributed by atoms with Crippen LogP contribution in [0.2, 0.25) is 0 Å². The number of aromatic nitrogens is 1. The summed E-state index contributed by atoms with van der Waals surface area (Å²) in [5, 5.41) is 14.1. The smallest absolute Gasteiger partial charge is 0.387 e. The highest BCUT2D eigenvalue weighted by Crippen LogP contribution is 2.36.